The summed E-state index contributed by atoms with van der Waals surface area (Å²) in [5, 5.41) is 1.97. The number of aliphatic imine (C=N–C) groups is 1. The zero-order valence-electron chi connectivity index (χ0n) is 21.0. The molecule has 1 saturated heterocycles. The van der Waals surface area contributed by atoms with Crippen LogP contribution in [-0.2, 0) is 9.63 Å². The quantitative estimate of drug-likeness (QED) is 0.182. The van der Waals surface area contributed by atoms with E-state index in [0.29, 0.717) is 51.3 Å². The fourth-order valence-corrected chi connectivity index (χ4v) is 5.23. The highest BCUT2D eigenvalue weighted by Gasteiger charge is 2.36. The third-order valence-electron chi connectivity index (χ3n) is 6.11. The molecule has 2 aliphatic rings. The lowest BCUT2D eigenvalue weighted by Crippen LogP contribution is -2.32. The van der Waals surface area contributed by atoms with Gasteiger partial charge in [0, 0.05) is 11.6 Å². The maximum atomic E-state index is 13.4. The number of unbranched alkanes of at least 4 members (excludes halogenated alkanes) is 1. The maximum absolute atomic E-state index is 13.4. The molecule has 198 valence electrons. The van der Waals surface area contributed by atoms with Crippen molar-refractivity contribution in [1.29, 1.82) is 0 Å². The minimum Gasteiger partial charge on any atom is -0.497 e. The number of hydrogen-bond donors (Lipinski definition) is 0. The summed E-state index contributed by atoms with van der Waals surface area (Å²) < 4.78 is 5.21. The SMILES string of the molecule is COc1ccc(/C=C2/SC(=Nc3ccc(Cl)cc3)N(CCCCON3C(=O)c4ccccc4C3=O)C2=O)cc1. The minimum absolute atomic E-state index is 0.148. The number of thioether (sulfide) groups is 1. The molecule has 0 aliphatic carbocycles. The number of amidine groups is 1. The maximum Gasteiger partial charge on any atom is 0.285 e. The van der Waals surface area contributed by atoms with Gasteiger partial charge in [-0.3, -0.25) is 24.1 Å². The van der Waals surface area contributed by atoms with E-state index in [1.807, 2.05) is 30.3 Å². The molecule has 0 N–H and O–H groups in total. The van der Waals surface area contributed by atoms with Crippen LogP contribution in [0, 0.1) is 0 Å². The fourth-order valence-electron chi connectivity index (χ4n) is 4.08. The highest BCUT2D eigenvalue weighted by Crippen LogP contribution is 2.35. The van der Waals surface area contributed by atoms with Gasteiger partial charge in [-0.2, -0.15) is 0 Å². The molecule has 2 aliphatic heterocycles. The van der Waals surface area contributed by atoms with Gasteiger partial charge >= 0.3 is 0 Å². The zero-order valence-corrected chi connectivity index (χ0v) is 22.6. The lowest BCUT2D eigenvalue weighted by Gasteiger charge is -2.16. The van der Waals surface area contributed by atoms with Gasteiger partial charge in [-0.25, -0.2) is 4.99 Å². The average molecular weight is 562 g/mol. The summed E-state index contributed by atoms with van der Waals surface area (Å²) in [4.78, 5) is 50.7. The Morgan fingerprint density at radius 1 is 0.872 bits per heavy atom. The number of hydrogen-bond acceptors (Lipinski definition) is 7. The Hall–Kier alpha value is -3.92. The molecule has 3 aromatic rings. The van der Waals surface area contributed by atoms with Crippen LogP contribution in [0.1, 0.15) is 39.1 Å². The van der Waals surface area contributed by atoms with Gasteiger partial charge in [-0.1, -0.05) is 35.9 Å². The normalized spacial score (nSPS) is 17.0. The molecule has 0 radical (unpaired) electrons. The van der Waals surface area contributed by atoms with E-state index in [2.05, 4.69) is 0 Å². The molecule has 0 unspecified atom stereocenters. The van der Waals surface area contributed by atoms with E-state index < -0.39 is 11.8 Å². The first kappa shape index (κ1) is 26.7. The van der Waals surface area contributed by atoms with Crippen LogP contribution in [-0.4, -0.2) is 53.1 Å². The number of hydroxylamine groups is 2. The first-order valence-corrected chi connectivity index (χ1v) is 13.4. The van der Waals surface area contributed by atoms with Gasteiger partial charge in [0.1, 0.15) is 5.75 Å². The predicted octanol–water partition coefficient (Wildman–Crippen LogP) is 5.96. The number of imide groups is 1. The largest absolute Gasteiger partial charge is 0.497 e. The van der Waals surface area contributed by atoms with Crippen LogP contribution in [0.5, 0.6) is 5.75 Å². The van der Waals surface area contributed by atoms with Crippen LogP contribution in [0.25, 0.3) is 6.08 Å². The number of methoxy groups -OCH3 is 1. The summed E-state index contributed by atoms with van der Waals surface area (Å²) in [6, 6.07) is 21.1. The molecule has 39 heavy (non-hydrogen) atoms. The summed E-state index contributed by atoms with van der Waals surface area (Å²) in [7, 11) is 1.60. The Labute approximate surface area is 234 Å². The minimum atomic E-state index is -0.465. The molecule has 10 heteroatoms. The van der Waals surface area contributed by atoms with Gasteiger partial charge < -0.3 is 4.74 Å². The molecule has 1 fully saturated rings. The van der Waals surface area contributed by atoms with E-state index in [4.69, 9.17) is 26.2 Å². The number of ether oxygens (including phenoxy) is 1. The van der Waals surface area contributed by atoms with Crippen molar-refractivity contribution >= 4 is 58.0 Å². The molecule has 5 rings (SSSR count). The smallest absolute Gasteiger partial charge is 0.285 e. The second-order valence-electron chi connectivity index (χ2n) is 8.70. The topological polar surface area (TPSA) is 88.5 Å². The molecule has 0 saturated carbocycles. The molecule has 0 bridgehead atoms. The molecule has 3 amide bonds. The molecule has 3 aromatic carbocycles. The monoisotopic (exact) mass is 561 g/mol. The first-order chi connectivity index (χ1) is 18.9. The second-order valence-corrected chi connectivity index (χ2v) is 10.1. The van der Waals surface area contributed by atoms with Crippen LogP contribution in [0.2, 0.25) is 5.02 Å². The molecule has 0 aromatic heterocycles. The Morgan fingerprint density at radius 2 is 1.54 bits per heavy atom. The third-order valence-corrected chi connectivity index (χ3v) is 7.36. The number of halogens is 1. The third kappa shape index (κ3) is 5.90. The van der Waals surface area contributed by atoms with Crippen molar-refractivity contribution in [1.82, 2.24) is 9.96 Å². The second kappa shape index (κ2) is 11.9. The lowest BCUT2D eigenvalue weighted by atomic mass is 10.1. The van der Waals surface area contributed by atoms with Gasteiger partial charge in [-0.05, 0) is 84.8 Å². The van der Waals surface area contributed by atoms with E-state index in [1.165, 1.54) is 11.8 Å². The van der Waals surface area contributed by atoms with Gasteiger partial charge in [0.25, 0.3) is 17.7 Å². The first-order valence-electron chi connectivity index (χ1n) is 12.2. The number of carbonyl (C=O) groups is 3. The fraction of sp³-hybridized carbons (Fsp3) is 0.172. The highest BCUT2D eigenvalue weighted by atomic mass is 35.5. The van der Waals surface area contributed by atoms with Gasteiger partial charge in [0.05, 0.1) is 35.4 Å². The zero-order chi connectivity index (χ0) is 27.4. The Morgan fingerprint density at radius 3 is 2.18 bits per heavy atom. The molecule has 0 atom stereocenters. The molecular weight excluding hydrogens is 538 g/mol. The molecular formula is C29H24ClN3O5S. The molecule has 8 nitrogen and oxygen atoms in total. The van der Waals surface area contributed by atoms with E-state index in [9.17, 15) is 14.4 Å². The van der Waals surface area contributed by atoms with Gasteiger partial charge in [-0.15, -0.1) is 5.06 Å². The van der Waals surface area contributed by atoms with Crippen LogP contribution in [0.4, 0.5) is 5.69 Å². The van der Waals surface area contributed by atoms with Crippen molar-refractivity contribution < 1.29 is 24.0 Å². The van der Waals surface area contributed by atoms with Crippen LogP contribution in [0.15, 0.2) is 82.7 Å². The van der Waals surface area contributed by atoms with Crippen molar-refractivity contribution in [3.8, 4) is 5.75 Å². The van der Waals surface area contributed by atoms with Gasteiger partial charge in [0.2, 0.25) is 0 Å². The van der Waals surface area contributed by atoms with Gasteiger partial charge in [0.15, 0.2) is 5.17 Å². The van der Waals surface area contributed by atoms with E-state index in [-0.39, 0.29) is 12.5 Å². The average Bonchev–Trinajstić information content (AvgIpc) is 3.37. The van der Waals surface area contributed by atoms with E-state index >= 15 is 0 Å². The highest BCUT2D eigenvalue weighted by molar-refractivity contribution is 8.18. The standard InChI is InChI=1S/C29H24ClN3O5S/c1-37-22-14-8-19(9-15-22)18-25-28(36)32(29(39-25)31-21-12-10-20(30)11-13-21)16-4-5-17-38-33-26(34)23-6-2-3-7-24(23)27(33)35/h2-3,6-15,18H,4-5,16-17H2,1H3/b25-18+,31-29?. The van der Waals surface area contributed by atoms with Crippen molar-refractivity contribution in [2.75, 3.05) is 20.3 Å². The predicted molar refractivity (Wildman–Crippen MR) is 151 cm³/mol. The number of carbonyl (C=O) groups excluding carboxylic acids is 3. The van der Waals surface area contributed by atoms with Crippen LogP contribution >= 0.6 is 23.4 Å². The number of fused-ring (bicyclic) bond motifs is 1. The summed E-state index contributed by atoms with van der Waals surface area (Å²) in [6.45, 7) is 0.544. The Kier molecular flexibility index (Phi) is 8.11. The van der Waals surface area contributed by atoms with Crippen molar-refractivity contribution in [3.63, 3.8) is 0 Å². The molecule has 0 spiro atoms. The van der Waals surface area contributed by atoms with Crippen molar-refractivity contribution in [2.45, 2.75) is 12.8 Å². The Balaban J connectivity index is 1.25. The van der Waals surface area contributed by atoms with Crippen LogP contribution < -0.4 is 4.74 Å². The Bertz CT molecular complexity index is 1440. The van der Waals surface area contributed by atoms with Crippen molar-refractivity contribution in [3.05, 3.63) is 99.4 Å². The number of rotatable bonds is 9. The van der Waals surface area contributed by atoms with Crippen LogP contribution in [0.3, 0.4) is 0 Å². The summed E-state index contributed by atoms with van der Waals surface area (Å²) in [6.07, 6.45) is 2.92. The van der Waals surface area contributed by atoms with Crippen molar-refractivity contribution in [2.24, 2.45) is 4.99 Å². The number of amides is 3. The summed E-state index contributed by atoms with van der Waals surface area (Å²) in [5.41, 5.74) is 2.22. The molecule has 2 heterocycles. The van der Waals surface area contributed by atoms with E-state index in [1.54, 1.807) is 60.5 Å². The summed E-state index contributed by atoms with van der Waals surface area (Å²) in [5.74, 6) is -0.345. The van der Waals surface area contributed by atoms with E-state index in [0.717, 1.165) is 16.4 Å². The summed E-state index contributed by atoms with van der Waals surface area (Å²) >= 11 is 7.31. The number of benzene rings is 3. The number of nitrogens with zero attached hydrogens (tertiary/aromatic N) is 3. The lowest BCUT2D eigenvalue weighted by molar-refractivity contribution is -0.122.